The van der Waals surface area contributed by atoms with Gasteiger partial charge >= 0.3 is 0 Å². The van der Waals surface area contributed by atoms with E-state index >= 15 is 0 Å². The van der Waals surface area contributed by atoms with Crippen LogP contribution in [-0.4, -0.2) is 63.1 Å². The van der Waals surface area contributed by atoms with Crippen LogP contribution in [0, 0.1) is 0 Å². The highest BCUT2D eigenvalue weighted by Crippen LogP contribution is 2.37. The van der Waals surface area contributed by atoms with Crippen molar-refractivity contribution in [2.45, 2.75) is 38.8 Å². The van der Waals surface area contributed by atoms with E-state index in [2.05, 4.69) is 75.3 Å². The summed E-state index contributed by atoms with van der Waals surface area (Å²) in [6.45, 7) is 9.72. The van der Waals surface area contributed by atoms with Crippen LogP contribution in [0.2, 0.25) is 0 Å². The monoisotopic (exact) mass is 501 g/mol. The van der Waals surface area contributed by atoms with Crippen LogP contribution < -0.4 is 19.9 Å². The van der Waals surface area contributed by atoms with Crippen LogP contribution in [0.25, 0.3) is 10.9 Å². The molecule has 192 valence electrons. The first-order chi connectivity index (χ1) is 17.9. The number of fused-ring (bicyclic) bond motifs is 2. The van der Waals surface area contributed by atoms with E-state index in [0.717, 1.165) is 38.0 Å². The number of ether oxygens (including phenoxy) is 2. The number of H-pyrrole nitrogens is 1. The van der Waals surface area contributed by atoms with Gasteiger partial charge in [-0.1, -0.05) is 25.1 Å². The average Bonchev–Trinajstić information content (AvgIpc) is 3.59. The summed E-state index contributed by atoms with van der Waals surface area (Å²) in [5.41, 5.74) is 2.06. The minimum Gasteiger partial charge on any atom is -0.454 e. The maximum Gasteiger partial charge on any atom is 0.253 e. The second kappa shape index (κ2) is 9.19. The highest BCUT2D eigenvalue weighted by Gasteiger charge is 2.36. The van der Waals surface area contributed by atoms with Gasteiger partial charge in [-0.05, 0) is 55.0 Å². The molecule has 0 amide bonds. The van der Waals surface area contributed by atoms with Gasteiger partial charge in [-0.2, -0.15) is 0 Å². The van der Waals surface area contributed by atoms with Crippen LogP contribution in [0.3, 0.4) is 0 Å². The molecule has 2 aromatic heterocycles. The molecule has 1 atom stereocenters. The molecule has 0 bridgehead atoms. The Balaban J connectivity index is 1.43. The summed E-state index contributed by atoms with van der Waals surface area (Å²) in [5, 5.41) is 13.8. The first-order valence-corrected chi connectivity index (χ1v) is 12.7. The van der Waals surface area contributed by atoms with Gasteiger partial charge in [0.05, 0.1) is 11.1 Å². The Bertz CT molecular complexity index is 1470. The zero-order valence-electron chi connectivity index (χ0n) is 21.3. The molecule has 0 aliphatic carbocycles. The van der Waals surface area contributed by atoms with Crippen LogP contribution in [-0.2, 0) is 5.54 Å². The first kappa shape index (κ1) is 23.5. The summed E-state index contributed by atoms with van der Waals surface area (Å²) in [6, 6.07) is 15.7. The number of nitrogens with one attached hydrogen (secondary N) is 1. The zero-order valence-corrected chi connectivity index (χ0v) is 21.3. The maximum absolute atomic E-state index is 13.6. The fourth-order valence-corrected chi connectivity index (χ4v) is 5.14. The third kappa shape index (κ3) is 4.21. The number of nitrogens with zero attached hydrogens (tertiary/aromatic N) is 6. The van der Waals surface area contributed by atoms with E-state index in [9.17, 15) is 4.79 Å². The summed E-state index contributed by atoms with van der Waals surface area (Å²) < 4.78 is 13.0. The smallest absolute Gasteiger partial charge is 0.253 e. The minimum absolute atomic E-state index is 0.161. The normalized spacial score (nSPS) is 16.9. The molecule has 0 radical (unpaired) electrons. The Labute approximate surface area is 214 Å². The molecule has 0 spiro atoms. The average molecular weight is 502 g/mol. The van der Waals surface area contributed by atoms with Gasteiger partial charge in [-0.25, -0.2) is 4.68 Å². The number of rotatable bonds is 6. The lowest BCUT2D eigenvalue weighted by molar-refractivity contribution is 0.174. The van der Waals surface area contributed by atoms with Crippen molar-refractivity contribution in [1.29, 1.82) is 0 Å². The SMILES string of the molecule is CCC(C)(C)n1nnnc1[C@@H](c1cc2cc3c(cc2[nH]c1=O)OCO3)N1CCN(c2ccccc2)CC1. The van der Waals surface area contributed by atoms with Gasteiger partial charge in [-0.15, -0.1) is 5.10 Å². The van der Waals surface area contributed by atoms with Crippen molar-refractivity contribution in [3.05, 3.63) is 70.3 Å². The molecule has 4 aromatic rings. The molecule has 0 unspecified atom stereocenters. The van der Waals surface area contributed by atoms with Crippen LogP contribution in [0.15, 0.2) is 53.3 Å². The number of hydrogen-bond acceptors (Lipinski definition) is 8. The van der Waals surface area contributed by atoms with Crippen molar-refractivity contribution in [1.82, 2.24) is 30.1 Å². The largest absolute Gasteiger partial charge is 0.454 e. The topological polar surface area (TPSA) is 101 Å². The van der Waals surface area contributed by atoms with Gasteiger partial charge in [-0.3, -0.25) is 9.69 Å². The number of piperazine rings is 1. The standard InChI is InChI=1S/C27H31N7O3/c1-4-27(2,3)34-25(29-30-31-34)24(33-12-10-32(11-13-33)19-8-6-5-7-9-19)20-14-18-15-22-23(37-17-36-22)16-21(18)28-26(20)35/h5-9,14-16,24H,4,10-13,17H2,1-3H3,(H,28,35)/t24-/m1/s1. The molecule has 2 aromatic carbocycles. The molecule has 1 N–H and O–H groups in total. The third-order valence-corrected chi connectivity index (χ3v) is 7.64. The molecule has 4 heterocycles. The van der Waals surface area contributed by atoms with E-state index in [1.54, 1.807) is 0 Å². The quantitative estimate of drug-likeness (QED) is 0.430. The Hall–Kier alpha value is -3.92. The van der Waals surface area contributed by atoms with Gasteiger partial charge < -0.3 is 19.4 Å². The second-order valence-electron chi connectivity index (χ2n) is 10.2. The van der Waals surface area contributed by atoms with Gasteiger partial charge in [0.1, 0.15) is 6.04 Å². The summed E-state index contributed by atoms with van der Waals surface area (Å²) in [5.74, 6) is 1.99. The highest BCUT2D eigenvalue weighted by molar-refractivity contribution is 5.83. The number of para-hydroxylation sites is 1. The molecule has 1 fully saturated rings. The van der Waals surface area contributed by atoms with Crippen LogP contribution in [0.5, 0.6) is 11.5 Å². The second-order valence-corrected chi connectivity index (χ2v) is 10.2. The van der Waals surface area contributed by atoms with E-state index in [1.165, 1.54) is 5.69 Å². The number of anilines is 1. The predicted molar refractivity (Wildman–Crippen MR) is 140 cm³/mol. The lowest BCUT2D eigenvalue weighted by Crippen LogP contribution is -2.49. The Kier molecular flexibility index (Phi) is 5.83. The third-order valence-electron chi connectivity index (χ3n) is 7.64. The fourth-order valence-electron chi connectivity index (χ4n) is 5.14. The first-order valence-electron chi connectivity index (χ1n) is 12.7. The predicted octanol–water partition coefficient (Wildman–Crippen LogP) is 3.30. The lowest BCUT2D eigenvalue weighted by atomic mass is 9.98. The van der Waals surface area contributed by atoms with Crippen molar-refractivity contribution in [2.24, 2.45) is 0 Å². The molecule has 2 aliphatic rings. The van der Waals surface area contributed by atoms with Crippen molar-refractivity contribution >= 4 is 16.6 Å². The summed E-state index contributed by atoms with van der Waals surface area (Å²) in [7, 11) is 0. The molecule has 10 heteroatoms. The van der Waals surface area contributed by atoms with Gasteiger partial charge in [0.15, 0.2) is 17.3 Å². The van der Waals surface area contributed by atoms with Crippen LogP contribution in [0.1, 0.15) is 44.6 Å². The lowest BCUT2D eigenvalue weighted by Gasteiger charge is -2.40. The molecular weight excluding hydrogens is 470 g/mol. The van der Waals surface area contributed by atoms with E-state index in [1.807, 2.05) is 28.9 Å². The minimum atomic E-state index is -0.405. The number of tetrazole rings is 1. The van der Waals surface area contributed by atoms with Crippen molar-refractivity contribution in [3.63, 3.8) is 0 Å². The van der Waals surface area contributed by atoms with Crippen molar-refractivity contribution in [2.75, 3.05) is 37.9 Å². The number of aromatic nitrogens is 5. The van der Waals surface area contributed by atoms with Crippen LogP contribution in [0.4, 0.5) is 5.69 Å². The maximum atomic E-state index is 13.6. The Morgan fingerprint density at radius 2 is 1.76 bits per heavy atom. The number of benzene rings is 2. The Morgan fingerprint density at radius 3 is 2.49 bits per heavy atom. The number of aromatic amines is 1. The summed E-state index contributed by atoms with van der Waals surface area (Å²) in [4.78, 5) is 21.3. The van der Waals surface area contributed by atoms with Gasteiger partial charge in [0.25, 0.3) is 5.56 Å². The molecule has 0 saturated carbocycles. The van der Waals surface area contributed by atoms with Gasteiger partial charge in [0, 0.05) is 48.9 Å². The molecule has 1 saturated heterocycles. The highest BCUT2D eigenvalue weighted by atomic mass is 16.7. The van der Waals surface area contributed by atoms with Crippen molar-refractivity contribution in [3.8, 4) is 11.5 Å². The van der Waals surface area contributed by atoms with E-state index in [0.29, 0.717) is 28.4 Å². The van der Waals surface area contributed by atoms with Gasteiger partial charge in [0.2, 0.25) is 6.79 Å². The van der Waals surface area contributed by atoms with E-state index in [-0.39, 0.29) is 17.9 Å². The van der Waals surface area contributed by atoms with Crippen molar-refractivity contribution < 1.29 is 9.47 Å². The fraction of sp³-hybridized carbons (Fsp3) is 0.407. The van der Waals surface area contributed by atoms with E-state index < -0.39 is 6.04 Å². The molecule has 10 nitrogen and oxygen atoms in total. The van der Waals surface area contributed by atoms with E-state index in [4.69, 9.17) is 9.47 Å². The summed E-state index contributed by atoms with van der Waals surface area (Å²) in [6.07, 6.45) is 0.844. The molecule has 37 heavy (non-hydrogen) atoms. The Morgan fingerprint density at radius 1 is 1.03 bits per heavy atom. The molecule has 6 rings (SSSR count). The number of hydrogen-bond donors (Lipinski definition) is 1. The molecular formula is C27H31N7O3. The zero-order chi connectivity index (χ0) is 25.6. The van der Waals surface area contributed by atoms with Crippen LogP contribution >= 0.6 is 0 Å². The number of pyridine rings is 1. The summed E-state index contributed by atoms with van der Waals surface area (Å²) >= 11 is 0. The molecule has 2 aliphatic heterocycles.